The lowest BCUT2D eigenvalue weighted by Gasteiger charge is -2.27. The Morgan fingerprint density at radius 3 is 2.52 bits per heavy atom. The molecule has 0 aliphatic heterocycles. The van der Waals surface area contributed by atoms with E-state index in [0.29, 0.717) is 24.0 Å². The first-order valence-corrected chi connectivity index (χ1v) is 9.70. The Balaban J connectivity index is 1.58. The van der Waals surface area contributed by atoms with Gasteiger partial charge in [0.1, 0.15) is 0 Å². The van der Waals surface area contributed by atoms with E-state index < -0.39 is 10.8 Å². The molecule has 0 saturated heterocycles. The zero-order chi connectivity index (χ0) is 16.5. The minimum absolute atomic E-state index is 0.186. The fraction of sp³-hybridized carbons (Fsp3) is 0.588. The summed E-state index contributed by atoms with van der Waals surface area (Å²) in [4.78, 5) is 11.8. The molecule has 1 atom stereocenters. The Labute approximate surface area is 140 Å². The Morgan fingerprint density at radius 1 is 1.17 bits per heavy atom. The number of aliphatic hydroxyl groups is 1. The molecule has 0 aromatic heterocycles. The molecule has 1 fully saturated rings. The second-order valence-electron chi connectivity index (χ2n) is 6.07. The van der Waals surface area contributed by atoms with E-state index in [1.165, 1.54) is 0 Å². The summed E-state index contributed by atoms with van der Waals surface area (Å²) >= 11 is 0. The van der Waals surface area contributed by atoms with Gasteiger partial charge in [0, 0.05) is 41.5 Å². The lowest BCUT2D eigenvalue weighted by Crippen LogP contribution is -2.44. The molecule has 1 aromatic rings. The van der Waals surface area contributed by atoms with E-state index in [1.807, 2.05) is 30.3 Å². The van der Waals surface area contributed by atoms with Crippen molar-refractivity contribution in [2.75, 3.05) is 18.9 Å². The Kier molecular flexibility index (Phi) is 7.55. The smallest absolute Gasteiger partial charge is 0.315 e. The van der Waals surface area contributed by atoms with E-state index >= 15 is 0 Å². The summed E-state index contributed by atoms with van der Waals surface area (Å²) in [5.41, 5.74) is 1.05. The number of carbonyl (C=O) groups is 1. The molecular formula is C17H26N2O3S. The van der Waals surface area contributed by atoms with Crippen LogP contribution in [0, 0.1) is 5.92 Å². The predicted octanol–water partition coefficient (Wildman–Crippen LogP) is 1.79. The van der Waals surface area contributed by atoms with Crippen LogP contribution in [0.4, 0.5) is 4.79 Å². The summed E-state index contributed by atoms with van der Waals surface area (Å²) in [5, 5.41) is 14.8. The number of hydrogen-bond donors (Lipinski definition) is 3. The third-order valence-electron chi connectivity index (χ3n) is 4.23. The van der Waals surface area contributed by atoms with Gasteiger partial charge in [0.25, 0.3) is 0 Å². The third kappa shape index (κ3) is 6.71. The number of urea groups is 1. The molecule has 1 saturated carbocycles. The summed E-state index contributed by atoms with van der Waals surface area (Å²) in [6.07, 6.45) is 3.75. The van der Waals surface area contributed by atoms with Crippen molar-refractivity contribution in [3.63, 3.8) is 0 Å². The van der Waals surface area contributed by atoms with Crippen LogP contribution in [0.25, 0.3) is 0 Å². The number of carbonyl (C=O) groups excluding carboxylic acids is 1. The number of amides is 2. The molecule has 2 rings (SSSR count). The molecule has 6 heteroatoms. The van der Waals surface area contributed by atoms with Gasteiger partial charge in [-0.05, 0) is 37.2 Å². The van der Waals surface area contributed by atoms with Gasteiger partial charge in [-0.15, -0.1) is 0 Å². The number of nitrogens with one attached hydrogen (secondary N) is 2. The van der Waals surface area contributed by atoms with Crippen molar-refractivity contribution >= 4 is 16.8 Å². The van der Waals surface area contributed by atoms with Gasteiger partial charge in [0.05, 0.1) is 0 Å². The summed E-state index contributed by atoms with van der Waals surface area (Å²) in [6.45, 7) is 0.656. The van der Waals surface area contributed by atoms with Crippen molar-refractivity contribution in [3.05, 3.63) is 35.9 Å². The first-order chi connectivity index (χ1) is 11.2. The molecule has 1 unspecified atom stereocenters. The Bertz CT molecular complexity index is 502. The number of benzene rings is 1. The zero-order valence-electron chi connectivity index (χ0n) is 13.4. The van der Waals surface area contributed by atoms with Crippen LogP contribution < -0.4 is 10.6 Å². The van der Waals surface area contributed by atoms with Gasteiger partial charge in [0.2, 0.25) is 0 Å². The van der Waals surface area contributed by atoms with E-state index in [4.69, 9.17) is 5.11 Å². The predicted molar refractivity (Wildman–Crippen MR) is 92.5 cm³/mol. The minimum atomic E-state index is -0.970. The summed E-state index contributed by atoms with van der Waals surface area (Å²) < 4.78 is 12.0. The molecule has 128 valence electrons. The molecule has 1 aliphatic rings. The van der Waals surface area contributed by atoms with E-state index in [1.54, 1.807) is 0 Å². The van der Waals surface area contributed by atoms with Crippen LogP contribution in [0.15, 0.2) is 30.3 Å². The topological polar surface area (TPSA) is 78.4 Å². The van der Waals surface area contributed by atoms with Gasteiger partial charge in [-0.2, -0.15) is 0 Å². The minimum Gasteiger partial charge on any atom is -0.396 e. The molecule has 1 aliphatic carbocycles. The van der Waals surface area contributed by atoms with Crippen LogP contribution >= 0.6 is 0 Å². The highest BCUT2D eigenvalue weighted by molar-refractivity contribution is 7.84. The quantitative estimate of drug-likeness (QED) is 0.709. The van der Waals surface area contributed by atoms with Gasteiger partial charge in [-0.25, -0.2) is 4.79 Å². The molecule has 1 aromatic carbocycles. The van der Waals surface area contributed by atoms with Crippen LogP contribution in [-0.2, 0) is 16.6 Å². The highest BCUT2D eigenvalue weighted by Crippen LogP contribution is 2.23. The van der Waals surface area contributed by atoms with Gasteiger partial charge in [0.15, 0.2) is 0 Å². The van der Waals surface area contributed by atoms with E-state index in [0.717, 1.165) is 31.2 Å². The lowest BCUT2D eigenvalue weighted by atomic mass is 9.87. The maximum atomic E-state index is 12.0. The van der Waals surface area contributed by atoms with Crippen molar-refractivity contribution < 1.29 is 14.1 Å². The highest BCUT2D eigenvalue weighted by atomic mass is 32.2. The SMILES string of the molecule is O=C(NCCS(=O)Cc1ccccc1)NC1CCC(CO)CC1. The van der Waals surface area contributed by atoms with Crippen molar-refractivity contribution in [1.29, 1.82) is 0 Å². The molecule has 23 heavy (non-hydrogen) atoms. The van der Waals surface area contributed by atoms with Crippen molar-refractivity contribution in [2.45, 2.75) is 37.5 Å². The molecular weight excluding hydrogens is 312 g/mol. The molecule has 5 nitrogen and oxygen atoms in total. The van der Waals surface area contributed by atoms with Crippen LogP contribution in [0.2, 0.25) is 0 Å². The molecule has 0 bridgehead atoms. The standard InChI is InChI=1S/C17H26N2O3S/c20-12-14-6-8-16(9-7-14)19-17(21)18-10-11-23(22)13-15-4-2-1-3-5-15/h1-5,14,16,20H,6-13H2,(H2,18,19,21). The van der Waals surface area contributed by atoms with Crippen LogP contribution in [0.3, 0.4) is 0 Å². The average molecular weight is 338 g/mol. The van der Waals surface area contributed by atoms with Gasteiger partial charge in [-0.3, -0.25) is 4.21 Å². The maximum Gasteiger partial charge on any atom is 0.315 e. The first kappa shape index (κ1) is 17.9. The van der Waals surface area contributed by atoms with Crippen LogP contribution in [0.5, 0.6) is 0 Å². The zero-order valence-corrected chi connectivity index (χ0v) is 14.2. The molecule has 0 spiro atoms. The normalized spacial score (nSPS) is 22.3. The number of hydrogen-bond acceptors (Lipinski definition) is 3. The number of aliphatic hydroxyl groups excluding tert-OH is 1. The molecule has 2 amide bonds. The molecule has 0 radical (unpaired) electrons. The van der Waals surface area contributed by atoms with E-state index in [2.05, 4.69) is 10.6 Å². The largest absolute Gasteiger partial charge is 0.396 e. The average Bonchev–Trinajstić information content (AvgIpc) is 2.56. The first-order valence-electron chi connectivity index (χ1n) is 8.21. The van der Waals surface area contributed by atoms with Gasteiger partial charge >= 0.3 is 6.03 Å². The molecule has 0 heterocycles. The summed E-state index contributed by atoms with van der Waals surface area (Å²) in [5.74, 6) is 1.37. The lowest BCUT2D eigenvalue weighted by molar-refractivity contribution is 0.174. The van der Waals surface area contributed by atoms with Crippen molar-refractivity contribution in [2.24, 2.45) is 5.92 Å². The second kappa shape index (κ2) is 9.67. The monoisotopic (exact) mass is 338 g/mol. The van der Waals surface area contributed by atoms with Crippen LogP contribution in [0.1, 0.15) is 31.2 Å². The van der Waals surface area contributed by atoms with Crippen molar-refractivity contribution in [1.82, 2.24) is 10.6 Å². The number of rotatable bonds is 7. The summed E-state index contributed by atoms with van der Waals surface area (Å²) in [6, 6.07) is 9.73. The Morgan fingerprint density at radius 2 is 1.87 bits per heavy atom. The van der Waals surface area contributed by atoms with Gasteiger partial charge in [-0.1, -0.05) is 30.3 Å². The van der Waals surface area contributed by atoms with Gasteiger partial charge < -0.3 is 15.7 Å². The van der Waals surface area contributed by atoms with E-state index in [9.17, 15) is 9.00 Å². The van der Waals surface area contributed by atoms with Crippen molar-refractivity contribution in [3.8, 4) is 0 Å². The Hall–Kier alpha value is -1.40. The third-order valence-corrected chi connectivity index (χ3v) is 5.54. The second-order valence-corrected chi connectivity index (χ2v) is 7.65. The fourth-order valence-corrected chi connectivity index (χ4v) is 3.87. The van der Waals surface area contributed by atoms with Crippen LogP contribution in [-0.4, -0.2) is 40.3 Å². The highest BCUT2D eigenvalue weighted by Gasteiger charge is 2.21. The van der Waals surface area contributed by atoms with E-state index in [-0.39, 0.29) is 18.7 Å². The molecule has 3 N–H and O–H groups in total. The maximum absolute atomic E-state index is 12.0. The fourth-order valence-electron chi connectivity index (χ4n) is 2.84. The summed E-state index contributed by atoms with van der Waals surface area (Å²) in [7, 11) is -0.970.